The zero-order valence-corrected chi connectivity index (χ0v) is 11.8. The summed E-state index contributed by atoms with van der Waals surface area (Å²) in [5, 5.41) is 21.1. The number of allylic oxidation sites excluding steroid dienone is 2. The number of carboxylic acid groups (broad SMARTS) is 1. The first-order valence-corrected chi connectivity index (χ1v) is 7.34. The molecule has 0 heterocycles. The SMILES string of the molecule is CC(CO)CCCNC(=O)C1C2C=CC(C2)C1C(=O)O. The van der Waals surface area contributed by atoms with Gasteiger partial charge in [0.25, 0.3) is 0 Å². The van der Waals surface area contributed by atoms with Crippen LogP contribution in [0.15, 0.2) is 12.2 Å². The van der Waals surface area contributed by atoms with Crippen LogP contribution in [0, 0.1) is 29.6 Å². The van der Waals surface area contributed by atoms with Crippen LogP contribution < -0.4 is 5.32 Å². The summed E-state index contributed by atoms with van der Waals surface area (Å²) in [5.74, 6) is -1.65. The molecule has 1 fully saturated rings. The summed E-state index contributed by atoms with van der Waals surface area (Å²) in [5.41, 5.74) is 0. The third kappa shape index (κ3) is 3.03. The Morgan fingerprint density at radius 3 is 2.55 bits per heavy atom. The summed E-state index contributed by atoms with van der Waals surface area (Å²) in [6.07, 6.45) is 6.38. The minimum Gasteiger partial charge on any atom is -0.481 e. The van der Waals surface area contributed by atoms with Gasteiger partial charge in [-0.3, -0.25) is 9.59 Å². The molecule has 3 N–H and O–H groups in total. The van der Waals surface area contributed by atoms with Gasteiger partial charge in [-0.15, -0.1) is 0 Å². The Bertz CT molecular complexity index is 407. The van der Waals surface area contributed by atoms with Crippen LogP contribution in [-0.2, 0) is 9.59 Å². The summed E-state index contributed by atoms with van der Waals surface area (Å²) >= 11 is 0. The predicted molar refractivity (Wildman–Crippen MR) is 73.8 cm³/mol. The number of aliphatic carboxylic acids is 1. The molecule has 2 rings (SSSR count). The number of carboxylic acids is 1. The molecule has 1 amide bonds. The van der Waals surface area contributed by atoms with Gasteiger partial charge in [-0.25, -0.2) is 0 Å². The zero-order valence-electron chi connectivity index (χ0n) is 11.8. The number of nitrogens with one attached hydrogen (secondary N) is 1. The number of fused-ring (bicyclic) bond motifs is 2. The molecule has 1 saturated carbocycles. The molecule has 2 bridgehead atoms. The van der Waals surface area contributed by atoms with Crippen LogP contribution in [0.4, 0.5) is 0 Å². The Hall–Kier alpha value is -1.36. The van der Waals surface area contributed by atoms with Gasteiger partial charge in [0, 0.05) is 13.2 Å². The third-order valence-corrected chi connectivity index (χ3v) is 4.53. The number of aliphatic hydroxyl groups excluding tert-OH is 1. The van der Waals surface area contributed by atoms with E-state index in [2.05, 4.69) is 5.32 Å². The molecule has 2 aliphatic rings. The van der Waals surface area contributed by atoms with Crippen LogP contribution in [0.1, 0.15) is 26.2 Å². The first-order valence-electron chi connectivity index (χ1n) is 7.34. The van der Waals surface area contributed by atoms with Gasteiger partial charge in [0.2, 0.25) is 5.91 Å². The van der Waals surface area contributed by atoms with E-state index in [1.807, 2.05) is 19.1 Å². The molecule has 0 saturated heterocycles. The van der Waals surface area contributed by atoms with E-state index in [9.17, 15) is 14.7 Å². The van der Waals surface area contributed by atoms with E-state index in [0.717, 1.165) is 19.3 Å². The van der Waals surface area contributed by atoms with E-state index in [1.54, 1.807) is 0 Å². The molecule has 2 aliphatic carbocycles. The van der Waals surface area contributed by atoms with Gasteiger partial charge < -0.3 is 15.5 Å². The maximum absolute atomic E-state index is 12.2. The van der Waals surface area contributed by atoms with Gasteiger partial charge in [-0.1, -0.05) is 19.1 Å². The van der Waals surface area contributed by atoms with Gasteiger partial charge in [0.15, 0.2) is 0 Å². The Morgan fingerprint density at radius 1 is 1.30 bits per heavy atom. The second kappa shape index (κ2) is 6.39. The normalized spacial score (nSPS) is 32.3. The Morgan fingerprint density at radius 2 is 1.95 bits per heavy atom. The molecule has 5 unspecified atom stereocenters. The molecule has 0 aromatic rings. The largest absolute Gasteiger partial charge is 0.481 e. The van der Waals surface area contributed by atoms with Gasteiger partial charge in [-0.2, -0.15) is 0 Å². The molecule has 5 nitrogen and oxygen atoms in total. The van der Waals surface area contributed by atoms with Crippen molar-refractivity contribution in [3.05, 3.63) is 12.2 Å². The Balaban J connectivity index is 1.83. The van der Waals surface area contributed by atoms with E-state index < -0.39 is 17.8 Å². The van der Waals surface area contributed by atoms with Gasteiger partial charge in [-0.05, 0) is 37.0 Å². The fourth-order valence-electron chi connectivity index (χ4n) is 3.39. The highest BCUT2D eigenvalue weighted by Crippen LogP contribution is 2.48. The van der Waals surface area contributed by atoms with E-state index in [0.29, 0.717) is 6.54 Å². The number of rotatable bonds is 7. The lowest BCUT2D eigenvalue weighted by atomic mass is 9.82. The Kier molecular flexibility index (Phi) is 4.81. The summed E-state index contributed by atoms with van der Waals surface area (Å²) in [6, 6.07) is 0. The van der Waals surface area contributed by atoms with Crippen LogP contribution in [0.25, 0.3) is 0 Å². The lowest BCUT2D eigenvalue weighted by Crippen LogP contribution is -2.40. The van der Waals surface area contributed by atoms with Crippen LogP contribution in [0.2, 0.25) is 0 Å². The van der Waals surface area contributed by atoms with Crippen molar-refractivity contribution in [3.63, 3.8) is 0 Å². The number of aliphatic hydroxyl groups is 1. The van der Waals surface area contributed by atoms with Crippen molar-refractivity contribution < 1.29 is 19.8 Å². The van der Waals surface area contributed by atoms with Crippen LogP contribution in [-0.4, -0.2) is 35.2 Å². The molecule has 5 heteroatoms. The zero-order chi connectivity index (χ0) is 14.7. The minimum absolute atomic E-state index is 0.0164. The highest BCUT2D eigenvalue weighted by atomic mass is 16.4. The molecule has 0 spiro atoms. The van der Waals surface area contributed by atoms with Crippen molar-refractivity contribution in [3.8, 4) is 0 Å². The van der Waals surface area contributed by atoms with E-state index in [1.165, 1.54) is 0 Å². The molecule has 112 valence electrons. The molecule has 0 radical (unpaired) electrons. The quantitative estimate of drug-likeness (QED) is 0.480. The van der Waals surface area contributed by atoms with E-state index in [-0.39, 0.29) is 30.3 Å². The van der Waals surface area contributed by atoms with Crippen molar-refractivity contribution in [2.45, 2.75) is 26.2 Å². The van der Waals surface area contributed by atoms with Crippen LogP contribution in [0.5, 0.6) is 0 Å². The fraction of sp³-hybridized carbons (Fsp3) is 0.733. The second-order valence-electron chi connectivity index (χ2n) is 6.06. The lowest BCUT2D eigenvalue weighted by Gasteiger charge is -2.23. The average molecular weight is 281 g/mol. The van der Waals surface area contributed by atoms with Gasteiger partial charge >= 0.3 is 5.97 Å². The number of carbonyl (C=O) groups is 2. The molecular weight excluding hydrogens is 258 g/mol. The first-order chi connectivity index (χ1) is 9.54. The maximum atomic E-state index is 12.2. The van der Waals surface area contributed by atoms with E-state index in [4.69, 9.17) is 5.11 Å². The lowest BCUT2D eigenvalue weighted by molar-refractivity contribution is -0.147. The standard InChI is InChI=1S/C15H23NO4/c1-9(8-17)3-2-6-16-14(18)12-10-4-5-11(7-10)13(12)15(19)20/h4-5,9-13,17H,2-3,6-8H2,1H3,(H,16,18)(H,19,20). The predicted octanol–water partition coefficient (Wildman–Crippen LogP) is 1.03. The monoisotopic (exact) mass is 281 g/mol. The van der Waals surface area contributed by atoms with Crippen molar-refractivity contribution in [1.29, 1.82) is 0 Å². The fourth-order valence-corrected chi connectivity index (χ4v) is 3.39. The summed E-state index contributed by atoms with van der Waals surface area (Å²) < 4.78 is 0. The van der Waals surface area contributed by atoms with Gasteiger partial charge in [0.05, 0.1) is 11.8 Å². The molecule has 20 heavy (non-hydrogen) atoms. The Labute approximate surface area is 119 Å². The van der Waals surface area contributed by atoms with Crippen molar-refractivity contribution in [2.24, 2.45) is 29.6 Å². The molecule has 0 aliphatic heterocycles. The van der Waals surface area contributed by atoms with Crippen LogP contribution >= 0.6 is 0 Å². The van der Waals surface area contributed by atoms with Crippen molar-refractivity contribution >= 4 is 11.9 Å². The number of amides is 1. The van der Waals surface area contributed by atoms with Crippen LogP contribution in [0.3, 0.4) is 0 Å². The van der Waals surface area contributed by atoms with E-state index >= 15 is 0 Å². The van der Waals surface area contributed by atoms with Crippen molar-refractivity contribution in [2.75, 3.05) is 13.2 Å². The number of hydrogen-bond acceptors (Lipinski definition) is 3. The molecule has 0 aromatic carbocycles. The number of hydrogen-bond donors (Lipinski definition) is 3. The average Bonchev–Trinajstić information content (AvgIpc) is 3.03. The first kappa shape index (κ1) is 15.0. The summed E-state index contributed by atoms with van der Waals surface area (Å²) in [6.45, 7) is 2.67. The highest BCUT2D eigenvalue weighted by molar-refractivity contribution is 5.86. The smallest absolute Gasteiger partial charge is 0.307 e. The highest BCUT2D eigenvalue weighted by Gasteiger charge is 2.51. The topological polar surface area (TPSA) is 86.6 Å². The second-order valence-corrected chi connectivity index (χ2v) is 6.06. The molecule has 5 atom stereocenters. The minimum atomic E-state index is -0.865. The van der Waals surface area contributed by atoms with Crippen molar-refractivity contribution in [1.82, 2.24) is 5.32 Å². The summed E-state index contributed by atoms with van der Waals surface area (Å²) in [4.78, 5) is 23.5. The molecular formula is C15H23NO4. The third-order valence-electron chi connectivity index (χ3n) is 4.53. The summed E-state index contributed by atoms with van der Waals surface area (Å²) in [7, 11) is 0. The molecule has 0 aromatic heterocycles. The maximum Gasteiger partial charge on any atom is 0.307 e. The van der Waals surface area contributed by atoms with Gasteiger partial charge in [0.1, 0.15) is 0 Å². The number of carbonyl (C=O) groups excluding carboxylic acids is 1.